The van der Waals surface area contributed by atoms with Crippen LogP contribution >= 0.6 is 11.6 Å². The average molecular weight is 295 g/mol. The summed E-state index contributed by atoms with van der Waals surface area (Å²) < 4.78 is 4.78. The fourth-order valence-corrected chi connectivity index (χ4v) is 3.08. The molecule has 0 spiro atoms. The van der Waals surface area contributed by atoms with Gasteiger partial charge in [0.25, 0.3) is 0 Å². The van der Waals surface area contributed by atoms with Crippen LogP contribution in [0.4, 0.5) is 0 Å². The van der Waals surface area contributed by atoms with Crippen LogP contribution in [-0.2, 0) is 9.53 Å². The van der Waals surface area contributed by atoms with Crippen LogP contribution in [0.15, 0.2) is 35.3 Å². The number of aliphatic hydroxyl groups excluding tert-OH is 1. The Morgan fingerprint density at radius 1 is 1.45 bits per heavy atom. The molecule has 1 N–H and O–H groups in total. The average Bonchev–Trinajstić information content (AvgIpc) is 2.73. The Bertz CT molecular complexity index is 547. The van der Waals surface area contributed by atoms with E-state index in [1.165, 1.54) is 0 Å². The van der Waals surface area contributed by atoms with Crippen LogP contribution in [-0.4, -0.2) is 33.8 Å². The summed E-state index contributed by atoms with van der Waals surface area (Å²) in [5.74, 6) is -0.662. The van der Waals surface area contributed by atoms with Crippen molar-refractivity contribution in [3.8, 4) is 0 Å². The standard InChI is InChI=1S/C14H15ClN2O3/c15-11-12(14(19)20-13(11)18)17-7-2-1-5-10(17)9-4-3-6-16-8-9/h3-4,6,8,10,14,19H,1-2,5,7H2. The van der Waals surface area contributed by atoms with E-state index in [9.17, 15) is 9.90 Å². The van der Waals surface area contributed by atoms with E-state index in [1.54, 1.807) is 6.20 Å². The molecule has 6 heteroatoms. The number of aliphatic hydroxyl groups is 1. The maximum absolute atomic E-state index is 11.5. The lowest BCUT2D eigenvalue weighted by molar-refractivity contribution is -0.153. The molecule has 0 aliphatic carbocycles. The minimum Gasteiger partial charge on any atom is -0.425 e. The highest BCUT2D eigenvalue weighted by Gasteiger charge is 2.39. The first-order valence-electron chi connectivity index (χ1n) is 6.64. The fourth-order valence-electron chi connectivity index (χ4n) is 2.83. The van der Waals surface area contributed by atoms with Gasteiger partial charge in [0.15, 0.2) is 5.03 Å². The highest BCUT2D eigenvalue weighted by Crippen LogP contribution is 2.38. The van der Waals surface area contributed by atoms with Crippen molar-refractivity contribution in [1.29, 1.82) is 0 Å². The summed E-state index contributed by atoms with van der Waals surface area (Å²) in [6.45, 7) is 0.735. The molecule has 20 heavy (non-hydrogen) atoms. The van der Waals surface area contributed by atoms with Gasteiger partial charge in [-0.2, -0.15) is 0 Å². The van der Waals surface area contributed by atoms with Crippen LogP contribution in [0, 0.1) is 0 Å². The summed E-state index contributed by atoms with van der Waals surface area (Å²) in [7, 11) is 0. The molecule has 1 aromatic rings. The molecular formula is C14H15ClN2O3. The van der Waals surface area contributed by atoms with E-state index in [0.717, 1.165) is 31.4 Å². The Hall–Kier alpha value is -1.59. The Morgan fingerprint density at radius 3 is 2.95 bits per heavy atom. The molecule has 1 fully saturated rings. The maximum atomic E-state index is 11.5. The molecule has 106 valence electrons. The van der Waals surface area contributed by atoms with Crippen LogP contribution in [0.3, 0.4) is 0 Å². The molecule has 3 rings (SSSR count). The molecule has 3 heterocycles. The first-order chi connectivity index (χ1) is 9.68. The van der Waals surface area contributed by atoms with E-state index in [-0.39, 0.29) is 11.1 Å². The number of aromatic nitrogens is 1. The SMILES string of the molecule is O=C1OC(O)C(N2CCCCC2c2cccnc2)=C1Cl. The predicted molar refractivity (Wildman–Crippen MR) is 72.5 cm³/mol. The number of ether oxygens (including phenoxy) is 1. The molecule has 0 amide bonds. The van der Waals surface area contributed by atoms with Crippen LogP contribution in [0.2, 0.25) is 0 Å². The zero-order chi connectivity index (χ0) is 14.1. The lowest BCUT2D eigenvalue weighted by atomic mass is 9.95. The van der Waals surface area contributed by atoms with E-state index >= 15 is 0 Å². The third-order valence-corrected chi connectivity index (χ3v) is 4.09. The number of carbonyl (C=O) groups is 1. The number of carbonyl (C=O) groups excluding carboxylic acids is 1. The molecule has 5 nitrogen and oxygen atoms in total. The van der Waals surface area contributed by atoms with E-state index in [1.807, 2.05) is 23.2 Å². The minimum atomic E-state index is -1.27. The van der Waals surface area contributed by atoms with Crippen molar-refractivity contribution < 1.29 is 14.6 Å². The summed E-state index contributed by atoms with van der Waals surface area (Å²) in [6, 6.07) is 3.93. The predicted octanol–water partition coefficient (Wildman–Crippen LogP) is 1.93. The van der Waals surface area contributed by atoms with Crippen molar-refractivity contribution in [2.45, 2.75) is 31.6 Å². The normalized spacial score (nSPS) is 26.9. The Morgan fingerprint density at radius 2 is 2.30 bits per heavy atom. The van der Waals surface area contributed by atoms with Crippen LogP contribution < -0.4 is 0 Å². The number of halogens is 1. The van der Waals surface area contributed by atoms with E-state index < -0.39 is 12.3 Å². The second-order valence-electron chi connectivity index (χ2n) is 4.95. The highest BCUT2D eigenvalue weighted by molar-refractivity contribution is 6.42. The number of hydrogen-bond acceptors (Lipinski definition) is 5. The van der Waals surface area contributed by atoms with Crippen molar-refractivity contribution in [1.82, 2.24) is 9.88 Å². The summed E-state index contributed by atoms with van der Waals surface area (Å²) in [4.78, 5) is 17.6. The van der Waals surface area contributed by atoms with E-state index in [0.29, 0.717) is 5.70 Å². The molecule has 1 aromatic heterocycles. The number of rotatable bonds is 2. The molecule has 1 saturated heterocycles. The fraction of sp³-hybridized carbons (Fsp3) is 0.429. The second-order valence-corrected chi connectivity index (χ2v) is 5.33. The highest BCUT2D eigenvalue weighted by atomic mass is 35.5. The zero-order valence-corrected chi connectivity index (χ0v) is 11.6. The van der Waals surface area contributed by atoms with Crippen molar-refractivity contribution >= 4 is 17.6 Å². The molecule has 2 aliphatic heterocycles. The van der Waals surface area contributed by atoms with Crippen molar-refractivity contribution in [2.24, 2.45) is 0 Å². The van der Waals surface area contributed by atoms with Gasteiger partial charge in [0.05, 0.1) is 6.04 Å². The topological polar surface area (TPSA) is 62.7 Å². The van der Waals surface area contributed by atoms with Crippen LogP contribution in [0.1, 0.15) is 30.9 Å². The van der Waals surface area contributed by atoms with Crippen molar-refractivity contribution in [2.75, 3.05) is 6.54 Å². The lowest BCUT2D eigenvalue weighted by Crippen LogP contribution is -2.36. The van der Waals surface area contributed by atoms with Crippen LogP contribution in [0.25, 0.3) is 0 Å². The monoisotopic (exact) mass is 294 g/mol. The molecular weight excluding hydrogens is 280 g/mol. The van der Waals surface area contributed by atoms with Crippen molar-refractivity contribution in [3.05, 3.63) is 40.8 Å². The number of nitrogens with zero attached hydrogens (tertiary/aromatic N) is 2. The summed E-state index contributed by atoms with van der Waals surface area (Å²) >= 11 is 6.00. The Kier molecular flexibility index (Phi) is 3.63. The van der Waals surface area contributed by atoms with Gasteiger partial charge in [0.2, 0.25) is 6.29 Å². The number of pyridine rings is 1. The first-order valence-corrected chi connectivity index (χ1v) is 7.01. The summed E-state index contributed by atoms with van der Waals surface area (Å²) in [6.07, 6.45) is 5.27. The molecule has 0 radical (unpaired) electrons. The smallest absolute Gasteiger partial charge is 0.354 e. The maximum Gasteiger partial charge on any atom is 0.354 e. The van der Waals surface area contributed by atoms with Gasteiger partial charge in [-0.05, 0) is 30.9 Å². The van der Waals surface area contributed by atoms with Crippen LogP contribution in [0.5, 0.6) is 0 Å². The summed E-state index contributed by atoms with van der Waals surface area (Å²) in [5.41, 5.74) is 1.43. The largest absolute Gasteiger partial charge is 0.425 e. The van der Waals surface area contributed by atoms with E-state index in [4.69, 9.17) is 16.3 Å². The number of hydrogen-bond donors (Lipinski definition) is 1. The van der Waals surface area contributed by atoms with Gasteiger partial charge in [-0.3, -0.25) is 4.98 Å². The van der Waals surface area contributed by atoms with Gasteiger partial charge >= 0.3 is 5.97 Å². The summed E-state index contributed by atoms with van der Waals surface area (Å²) in [5, 5.41) is 9.88. The minimum absolute atomic E-state index is 0.0201. The Labute approximate surface area is 121 Å². The van der Waals surface area contributed by atoms with Gasteiger partial charge in [0, 0.05) is 18.9 Å². The number of cyclic esters (lactones) is 1. The molecule has 0 saturated carbocycles. The van der Waals surface area contributed by atoms with Gasteiger partial charge in [-0.25, -0.2) is 4.79 Å². The Balaban J connectivity index is 1.96. The third-order valence-electron chi connectivity index (χ3n) is 3.74. The molecule has 0 aromatic carbocycles. The van der Waals surface area contributed by atoms with E-state index in [2.05, 4.69) is 4.98 Å². The number of esters is 1. The van der Waals surface area contributed by atoms with Gasteiger partial charge < -0.3 is 14.7 Å². The quantitative estimate of drug-likeness (QED) is 0.845. The zero-order valence-electron chi connectivity index (χ0n) is 10.8. The van der Waals surface area contributed by atoms with Gasteiger partial charge in [0.1, 0.15) is 5.70 Å². The molecule has 2 aliphatic rings. The van der Waals surface area contributed by atoms with Gasteiger partial charge in [-0.1, -0.05) is 17.7 Å². The molecule has 2 unspecified atom stereocenters. The first kappa shape index (κ1) is 13.4. The number of likely N-dealkylation sites (tertiary alicyclic amines) is 1. The van der Waals surface area contributed by atoms with Gasteiger partial charge in [-0.15, -0.1) is 0 Å². The third kappa shape index (κ3) is 2.27. The van der Waals surface area contributed by atoms with Crippen molar-refractivity contribution in [3.63, 3.8) is 0 Å². The number of piperidine rings is 1. The molecule has 2 atom stereocenters. The molecule has 0 bridgehead atoms. The lowest BCUT2D eigenvalue weighted by Gasteiger charge is -2.38. The second kappa shape index (κ2) is 5.42.